The molecule has 40 heavy (non-hydrogen) atoms. The summed E-state index contributed by atoms with van der Waals surface area (Å²) >= 11 is 0. The zero-order valence-corrected chi connectivity index (χ0v) is 22.3. The van der Waals surface area contributed by atoms with Gasteiger partial charge >= 0.3 is 6.18 Å². The first kappa shape index (κ1) is 27.3. The van der Waals surface area contributed by atoms with Crippen molar-refractivity contribution in [2.75, 3.05) is 11.9 Å². The molecule has 1 aliphatic heterocycles. The normalized spacial score (nSPS) is 16.2. The molecule has 13 heteroatoms. The van der Waals surface area contributed by atoms with Crippen LogP contribution in [-0.2, 0) is 23.4 Å². The lowest BCUT2D eigenvalue weighted by Crippen LogP contribution is -2.41. The number of anilines is 1. The number of nitrogens with zero attached hydrogens (tertiary/aromatic N) is 4. The maximum absolute atomic E-state index is 13.6. The molecule has 3 aromatic heterocycles. The van der Waals surface area contributed by atoms with Crippen molar-refractivity contribution in [1.82, 2.24) is 29.9 Å². The van der Waals surface area contributed by atoms with E-state index in [-0.39, 0.29) is 47.3 Å². The van der Waals surface area contributed by atoms with Gasteiger partial charge < -0.3 is 29.6 Å². The van der Waals surface area contributed by atoms with Crippen molar-refractivity contribution in [2.45, 2.75) is 64.5 Å². The molecule has 4 aromatic rings. The summed E-state index contributed by atoms with van der Waals surface area (Å²) in [7, 11) is 0. The Labute approximate surface area is 227 Å². The van der Waals surface area contributed by atoms with Gasteiger partial charge in [0.1, 0.15) is 6.54 Å². The highest BCUT2D eigenvalue weighted by Gasteiger charge is 2.31. The number of carbonyl (C=O) groups excluding carboxylic acids is 2. The molecule has 0 aliphatic carbocycles. The minimum atomic E-state index is -4.50. The highest BCUT2D eigenvalue weighted by Crippen LogP contribution is 2.34. The van der Waals surface area contributed by atoms with Gasteiger partial charge in [0, 0.05) is 48.0 Å². The molecule has 1 aliphatic rings. The number of hydrogen-bond donors (Lipinski definition) is 3. The average Bonchev–Trinajstić information content (AvgIpc) is 3.62. The number of amides is 2. The SMILES string of the molecule is CC(C)(C)n1ccc(C(=O)NCc2nc(-c3cc4c(N[C@@H]5CCC(=O)NC5)cccc4n3CC(F)(F)F)no2)c1. The van der Waals surface area contributed by atoms with Crippen LogP contribution in [0.15, 0.2) is 47.2 Å². The Kier molecular flexibility index (Phi) is 7.06. The summed E-state index contributed by atoms with van der Waals surface area (Å²) in [5.74, 6) is -0.343. The molecule has 1 atom stereocenters. The van der Waals surface area contributed by atoms with Crippen LogP contribution in [0.3, 0.4) is 0 Å². The molecule has 1 fully saturated rings. The van der Waals surface area contributed by atoms with Crippen LogP contribution in [0.4, 0.5) is 18.9 Å². The molecule has 4 heterocycles. The summed E-state index contributed by atoms with van der Waals surface area (Å²) < 4.78 is 49.1. The minimum absolute atomic E-state index is 0.0257. The smallest absolute Gasteiger partial charge is 0.380 e. The predicted octanol–water partition coefficient (Wildman–Crippen LogP) is 4.43. The highest BCUT2D eigenvalue weighted by molar-refractivity contribution is 5.96. The molecule has 1 saturated heterocycles. The number of nitrogens with one attached hydrogen (secondary N) is 3. The molecule has 10 nitrogen and oxygen atoms in total. The first-order valence-corrected chi connectivity index (χ1v) is 12.9. The number of alkyl halides is 3. The Balaban J connectivity index is 1.39. The van der Waals surface area contributed by atoms with Crippen LogP contribution in [0.25, 0.3) is 22.4 Å². The van der Waals surface area contributed by atoms with E-state index >= 15 is 0 Å². The van der Waals surface area contributed by atoms with Crippen molar-refractivity contribution in [1.29, 1.82) is 0 Å². The summed E-state index contributed by atoms with van der Waals surface area (Å²) in [6.45, 7) is 5.13. The van der Waals surface area contributed by atoms with E-state index in [1.54, 1.807) is 36.5 Å². The van der Waals surface area contributed by atoms with E-state index in [9.17, 15) is 22.8 Å². The summed E-state index contributed by atoms with van der Waals surface area (Å²) in [5, 5.41) is 13.3. The van der Waals surface area contributed by atoms with E-state index in [1.165, 1.54) is 0 Å². The largest absolute Gasteiger partial charge is 0.406 e. The third kappa shape index (κ3) is 5.97. The number of benzene rings is 1. The predicted molar refractivity (Wildman–Crippen MR) is 142 cm³/mol. The molecule has 212 valence electrons. The van der Waals surface area contributed by atoms with Gasteiger partial charge in [-0.3, -0.25) is 9.59 Å². The molecule has 0 radical (unpaired) electrons. The third-order valence-corrected chi connectivity index (χ3v) is 6.74. The summed E-state index contributed by atoms with van der Waals surface area (Å²) in [6.07, 6.45) is 0.0309. The van der Waals surface area contributed by atoms with Gasteiger partial charge in [-0.2, -0.15) is 18.2 Å². The van der Waals surface area contributed by atoms with Crippen molar-refractivity contribution in [2.24, 2.45) is 0 Å². The van der Waals surface area contributed by atoms with Gasteiger partial charge in [0.05, 0.1) is 23.3 Å². The molecule has 2 amide bonds. The average molecular weight is 558 g/mol. The van der Waals surface area contributed by atoms with E-state index in [1.807, 2.05) is 31.5 Å². The quantitative estimate of drug-likeness (QED) is 0.309. The van der Waals surface area contributed by atoms with Crippen molar-refractivity contribution >= 4 is 28.4 Å². The zero-order valence-electron chi connectivity index (χ0n) is 22.3. The van der Waals surface area contributed by atoms with Crippen LogP contribution in [-0.4, -0.2) is 49.9 Å². The second-order valence-electron chi connectivity index (χ2n) is 10.8. The monoisotopic (exact) mass is 557 g/mol. The fourth-order valence-corrected chi connectivity index (χ4v) is 4.66. The Morgan fingerprint density at radius 3 is 2.70 bits per heavy atom. The first-order chi connectivity index (χ1) is 18.9. The van der Waals surface area contributed by atoms with Gasteiger partial charge in [-0.1, -0.05) is 11.2 Å². The summed E-state index contributed by atoms with van der Waals surface area (Å²) in [6, 6.07) is 8.29. The molecule has 3 N–H and O–H groups in total. The van der Waals surface area contributed by atoms with Gasteiger partial charge in [0.2, 0.25) is 17.6 Å². The van der Waals surface area contributed by atoms with Gasteiger partial charge in [0.25, 0.3) is 5.91 Å². The minimum Gasteiger partial charge on any atom is -0.380 e. The summed E-state index contributed by atoms with van der Waals surface area (Å²) in [5.41, 5.74) is 1.38. The zero-order chi connectivity index (χ0) is 28.7. The van der Waals surface area contributed by atoms with Crippen LogP contribution in [0, 0.1) is 0 Å². The second kappa shape index (κ2) is 10.4. The standard InChI is InChI=1S/C27H30F3N7O3/c1-26(2,3)36-10-9-16(14-36)25(39)32-13-23-34-24(35-40-23)21-11-18-19(33-17-7-8-22(38)31-12-17)5-4-6-20(18)37(21)15-27(28,29)30/h4-6,9-11,14,17,33H,7-8,12-13,15H2,1-3H3,(H,31,38)(H,32,39)/t17-/m1/s1. The number of fused-ring (bicyclic) bond motifs is 1. The molecule has 0 unspecified atom stereocenters. The number of carbonyl (C=O) groups is 2. The van der Waals surface area contributed by atoms with Crippen LogP contribution >= 0.6 is 0 Å². The molecular weight excluding hydrogens is 527 g/mol. The molecule has 0 spiro atoms. The molecule has 5 rings (SSSR count). The molecular formula is C27H30F3N7O3. The van der Waals surface area contributed by atoms with Gasteiger partial charge in [-0.25, -0.2) is 0 Å². The van der Waals surface area contributed by atoms with E-state index in [0.29, 0.717) is 41.5 Å². The van der Waals surface area contributed by atoms with Crippen LogP contribution in [0.2, 0.25) is 0 Å². The maximum atomic E-state index is 13.6. The number of aromatic nitrogens is 4. The molecule has 0 saturated carbocycles. The highest BCUT2D eigenvalue weighted by atomic mass is 19.4. The van der Waals surface area contributed by atoms with Crippen molar-refractivity contribution in [3.63, 3.8) is 0 Å². The fraction of sp³-hybridized carbons (Fsp3) is 0.407. The molecule has 0 bridgehead atoms. The number of piperidine rings is 1. The van der Waals surface area contributed by atoms with E-state index in [0.717, 1.165) is 4.57 Å². The fourth-order valence-electron chi connectivity index (χ4n) is 4.66. The van der Waals surface area contributed by atoms with Crippen molar-refractivity contribution < 1.29 is 27.3 Å². The van der Waals surface area contributed by atoms with Crippen molar-refractivity contribution in [3.05, 3.63) is 54.2 Å². The summed E-state index contributed by atoms with van der Waals surface area (Å²) in [4.78, 5) is 28.4. The van der Waals surface area contributed by atoms with Gasteiger partial charge in [-0.05, 0) is 51.5 Å². The first-order valence-electron chi connectivity index (χ1n) is 12.9. The maximum Gasteiger partial charge on any atom is 0.406 e. The second-order valence-corrected chi connectivity index (χ2v) is 10.8. The van der Waals surface area contributed by atoms with E-state index in [4.69, 9.17) is 4.52 Å². The Morgan fingerprint density at radius 2 is 2.02 bits per heavy atom. The van der Waals surface area contributed by atoms with Gasteiger partial charge in [-0.15, -0.1) is 0 Å². The Bertz CT molecular complexity index is 1530. The lowest BCUT2D eigenvalue weighted by Gasteiger charge is -2.24. The Hall–Kier alpha value is -4.29. The van der Waals surface area contributed by atoms with Crippen molar-refractivity contribution in [3.8, 4) is 11.5 Å². The van der Waals surface area contributed by atoms with Gasteiger partial charge in [0.15, 0.2) is 0 Å². The van der Waals surface area contributed by atoms with E-state index in [2.05, 4.69) is 26.1 Å². The topological polar surface area (TPSA) is 119 Å². The number of halogens is 3. The Morgan fingerprint density at radius 1 is 1.23 bits per heavy atom. The third-order valence-electron chi connectivity index (χ3n) is 6.74. The van der Waals surface area contributed by atoms with Crippen LogP contribution < -0.4 is 16.0 Å². The number of hydrogen-bond acceptors (Lipinski definition) is 6. The lowest BCUT2D eigenvalue weighted by atomic mass is 10.1. The lowest BCUT2D eigenvalue weighted by molar-refractivity contribution is -0.139. The number of rotatable bonds is 7. The van der Waals surface area contributed by atoms with Crippen LogP contribution in [0.1, 0.15) is 49.9 Å². The van der Waals surface area contributed by atoms with Crippen LogP contribution in [0.5, 0.6) is 0 Å². The van der Waals surface area contributed by atoms with E-state index < -0.39 is 12.7 Å². The molecule has 1 aromatic carbocycles.